The smallest absolute Gasteiger partial charge is 0.124 e. The minimum atomic E-state index is -0.356. The molecule has 3 nitrogen and oxygen atoms in total. The first-order valence-corrected chi connectivity index (χ1v) is 7.70. The lowest BCUT2D eigenvalue weighted by atomic mass is 10.0. The third-order valence-electron chi connectivity index (χ3n) is 4.08. The van der Waals surface area contributed by atoms with Crippen LogP contribution in [0.3, 0.4) is 0 Å². The van der Waals surface area contributed by atoms with Gasteiger partial charge in [-0.2, -0.15) is 5.26 Å². The van der Waals surface area contributed by atoms with Gasteiger partial charge < -0.3 is 5.11 Å². The van der Waals surface area contributed by atoms with Crippen molar-refractivity contribution in [1.82, 2.24) is 4.90 Å². The summed E-state index contributed by atoms with van der Waals surface area (Å²) >= 11 is 0. The molecular weight excluding hydrogens is 267 g/mol. The standard InChI is InChI=1S/C17H23FN2O/c1-13(21)7-17-5-3-2-4-6-20(17)12-15-8-14(11-19)9-16(18)10-15/h8-10,13,17,21H,2-7,12H2,1H3. The lowest BCUT2D eigenvalue weighted by Crippen LogP contribution is -2.36. The number of benzene rings is 1. The number of aliphatic hydroxyl groups is 1. The number of hydrogen-bond donors (Lipinski definition) is 1. The molecular formula is C17H23FN2O. The molecule has 0 aromatic heterocycles. The van der Waals surface area contributed by atoms with E-state index in [-0.39, 0.29) is 11.9 Å². The minimum absolute atomic E-state index is 0.322. The monoisotopic (exact) mass is 290 g/mol. The SMILES string of the molecule is CC(O)CC1CCCCCN1Cc1cc(F)cc(C#N)c1. The summed E-state index contributed by atoms with van der Waals surface area (Å²) in [7, 11) is 0. The van der Waals surface area contributed by atoms with Crippen LogP contribution in [-0.4, -0.2) is 28.7 Å². The average Bonchev–Trinajstić information content (AvgIpc) is 2.63. The molecule has 1 aliphatic heterocycles. The van der Waals surface area contributed by atoms with Gasteiger partial charge >= 0.3 is 0 Å². The average molecular weight is 290 g/mol. The van der Waals surface area contributed by atoms with Crippen LogP contribution in [0.2, 0.25) is 0 Å². The Hall–Kier alpha value is -1.44. The number of nitriles is 1. The molecule has 0 saturated carbocycles. The fourth-order valence-corrected chi connectivity index (χ4v) is 3.15. The highest BCUT2D eigenvalue weighted by Crippen LogP contribution is 2.23. The van der Waals surface area contributed by atoms with Crippen molar-refractivity contribution < 1.29 is 9.50 Å². The molecule has 0 bridgehead atoms. The second-order valence-corrected chi connectivity index (χ2v) is 6.02. The van der Waals surface area contributed by atoms with Crippen LogP contribution in [-0.2, 0) is 6.54 Å². The van der Waals surface area contributed by atoms with Gasteiger partial charge in [-0.25, -0.2) is 4.39 Å². The summed E-state index contributed by atoms with van der Waals surface area (Å²) in [6.45, 7) is 3.43. The van der Waals surface area contributed by atoms with Gasteiger partial charge in [0.15, 0.2) is 0 Å². The number of nitrogens with zero attached hydrogens (tertiary/aromatic N) is 2. The Bertz CT molecular complexity index is 510. The molecule has 0 radical (unpaired) electrons. The molecule has 21 heavy (non-hydrogen) atoms. The molecule has 2 unspecified atom stereocenters. The summed E-state index contributed by atoms with van der Waals surface area (Å²) in [6, 6.07) is 6.86. The van der Waals surface area contributed by atoms with E-state index in [9.17, 15) is 9.50 Å². The number of hydrogen-bond acceptors (Lipinski definition) is 3. The normalized spacial score (nSPS) is 21.5. The maximum Gasteiger partial charge on any atom is 0.124 e. The van der Waals surface area contributed by atoms with Crippen molar-refractivity contribution in [3.63, 3.8) is 0 Å². The molecule has 0 amide bonds. The molecule has 1 saturated heterocycles. The van der Waals surface area contributed by atoms with Crippen LogP contribution < -0.4 is 0 Å². The van der Waals surface area contributed by atoms with Gasteiger partial charge in [-0.05, 0) is 56.5 Å². The largest absolute Gasteiger partial charge is 0.393 e. The lowest BCUT2D eigenvalue weighted by Gasteiger charge is -2.31. The molecule has 114 valence electrons. The predicted molar refractivity (Wildman–Crippen MR) is 80.1 cm³/mol. The molecule has 1 aliphatic rings. The lowest BCUT2D eigenvalue weighted by molar-refractivity contribution is 0.108. The molecule has 0 aliphatic carbocycles. The van der Waals surface area contributed by atoms with Crippen LogP contribution in [0.25, 0.3) is 0 Å². The maximum atomic E-state index is 13.5. The van der Waals surface area contributed by atoms with E-state index in [0.29, 0.717) is 18.2 Å². The van der Waals surface area contributed by atoms with Crippen LogP contribution in [0.15, 0.2) is 18.2 Å². The van der Waals surface area contributed by atoms with Crippen LogP contribution in [0.4, 0.5) is 4.39 Å². The molecule has 2 atom stereocenters. The van der Waals surface area contributed by atoms with Crippen molar-refractivity contribution in [3.8, 4) is 6.07 Å². The molecule has 4 heteroatoms. The predicted octanol–water partition coefficient (Wildman–Crippen LogP) is 3.21. The molecule has 1 N–H and O–H groups in total. The zero-order chi connectivity index (χ0) is 15.2. The zero-order valence-corrected chi connectivity index (χ0v) is 12.6. The third kappa shape index (κ3) is 4.80. The number of likely N-dealkylation sites (tertiary alicyclic amines) is 1. The summed E-state index contributed by atoms with van der Waals surface area (Å²) in [5, 5.41) is 18.6. The highest BCUT2D eigenvalue weighted by atomic mass is 19.1. The van der Waals surface area contributed by atoms with Crippen molar-refractivity contribution in [2.45, 2.75) is 57.7 Å². The van der Waals surface area contributed by atoms with Gasteiger partial charge in [0.25, 0.3) is 0 Å². The molecule has 1 aromatic rings. The van der Waals surface area contributed by atoms with Crippen LogP contribution >= 0.6 is 0 Å². The van der Waals surface area contributed by atoms with E-state index in [2.05, 4.69) is 4.90 Å². The van der Waals surface area contributed by atoms with Crippen LogP contribution in [0.1, 0.15) is 50.2 Å². The van der Waals surface area contributed by atoms with Crippen molar-refractivity contribution in [2.75, 3.05) is 6.54 Å². The Morgan fingerprint density at radius 2 is 2.19 bits per heavy atom. The van der Waals surface area contributed by atoms with E-state index >= 15 is 0 Å². The van der Waals surface area contributed by atoms with Gasteiger partial charge in [0.2, 0.25) is 0 Å². The first-order valence-electron chi connectivity index (χ1n) is 7.70. The number of aliphatic hydroxyl groups excluding tert-OH is 1. The highest BCUT2D eigenvalue weighted by Gasteiger charge is 2.22. The van der Waals surface area contributed by atoms with Crippen molar-refractivity contribution in [1.29, 1.82) is 5.26 Å². The van der Waals surface area contributed by atoms with Gasteiger partial charge in [-0.15, -0.1) is 0 Å². The van der Waals surface area contributed by atoms with Crippen molar-refractivity contribution >= 4 is 0 Å². The quantitative estimate of drug-likeness (QED) is 0.926. The summed E-state index contributed by atoms with van der Waals surface area (Å²) in [4.78, 5) is 2.33. The number of rotatable bonds is 4. The Kier molecular flexibility index (Phi) is 5.72. The van der Waals surface area contributed by atoms with Crippen molar-refractivity contribution in [3.05, 3.63) is 35.1 Å². The molecule has 0 spiro atoms. The fourth-order valence-electron chi connectivity index (χ4n) is 3.15. The van der Waals surface area contributed by atoms with Gasteiger partial charge in [-0.3, -0.25) is 4.90 Å². The zero-order valence-electron chi connectivity index (χ0n) is 12.6. The summed E-state index contributed by atoms with van der Waals surface area (Å²) in [5.41, 5.74) is 1.20. The van der Waals surface area contributed by atoms with E-state index < -0.39 is 0 Å². The third-order valence-corrected chi connectivity index (χ3v) is 4.08. The van der Waals surface area contributed by atoms with E-state index in [1.54, 1.807) is 6.07 Å². The van der Waals surface area contributed by atoms with Gasteiger partial charge in [0.1, 0.15) is 5.82 Å². The van der Waals surface area contributed by atoms with E-state index in [4.69, 9.17) is 5.26 Å². The van der Waals surface area contributed by atoms with Crippen LogP contribution in [0.5, 0.6) is 0 Å². The topological polar surface area (TPSA) is 47.3 Å². The first-order chi connectivity index (χ1) is 10.1. The van der Waals surface area contributed by atoms with E-state index in [1.807, 2.05) is 13.0 Å². The van der Waals surface area contributed by atoms with Gasteiger partial charge in [0.05, 0.1) is 17.7 Å². The minimum Gasteiger partial charge on any atom is -0.393 e. The molecule has 1 heterocycles. The summed E-state index contributed by atoms with van der Waals surface area (Å²) in [5.74, 6) is -0.356. The Morgan fingerprint density at radius 1 is 1.38 bits per heavy atom. The second-order valence-electron chi connectivity index (χ2n) is 6.02. The Morgan fingerprint density at radius 3 is 2.90 bits per heavy atom. The Balaban J connectivity index is 2.14. The summed E-state index contributed by atoms with van der Waals surface area (Å²) < 4.78 is 13.5. The second kappa shape index (κ2) is 7.53. The van der Waals surface area contributed by atoms with E-state index in [1.165, 1.54) is 25.0 Å². The summed E-state index contributed by atoms with van der Waals surface area (Å²) in [6.07, 6.45) is 5.03. The highest BCUT2D eigenvalue weighted by molar-refractivity contribution is 5.33. The molecule has 1 fully saturated rings. The van der Waals surface area contributed by atoms with Crippen LogP contribution in [0, 0.1) is 17.1 Å². The van der Waals surface area contributed by atoms with E-state index in [0.717, 1.165) is 31.4 Å². The maximum absolute atomic E-state index is 13.5. The van der Waals surface area contributed by atoms with Gasteiger partial charge in [0, 0.05) is 12.6 Å². The van der Waals surface area contributed by atoms with Gasteiger partial charge in [-0.1, -0.05) is 12.8 Å². The molecule has 1 aromatic carbocycles. The Labute approximate surface area is 126 Å². The number of halogens is 1. The molecule has 2 rings (SSSR count). The fraction of sp³-hybridized carbons (Fsp3) is 0.588. The van der Waals surface area contributed by atoms with Crippen molar-refractivity contribution in [2.24, 2.45) is 0 Å². The first kappa shape index (κ1) is 15.9.